The molecule has 2 aromatic rings. The van der Waals surface area contributed by atoms with Crippen molar-refractivity contribution in [2.45, 2.75) is 23.9 Å². The Morgan fingerprint density at radius 1 is 1.16 bits per heavy atom. The van der Waals surface area contributed by atoms with Crippen LogP contribution in [0.15, 0.2) is 53.5 Å². The van der Waals surface area contributed by atoms with Gasteiger partial charge in [-0.15, -0.1) is 0 Å². The molecule has 4 rings (SSSR count). The minimum absolute atomic E-state index is 0.0286. The van der Waals surface area contributed by atoms with Crippen LogP contribution in [0.3, 0.4) is 0 Å². The van der Waals surface area contributed by atoms with Gasteiger partial charge in [0.15, 0.2) is 15.0 Å². The van der Waals surface area contributed by atoms with Crippen LogP contribution in [0, 0.1) is 0 Å². The molecule has 2 saturated heterocycles. The smallest absolute Gasteiger partial charge is 0.316 e. The number of hydrogen-bond donors (Lipinski definition) is 0. The van der Waals surface area contributed by atoms with Gasteiger partial charge in [0.25, 0.3) is 5.91 Å². The maximum Gasteiger partial charge on any atom is 0.417 e. The first-order valence-electron chi connectivity index (χ1n) is 9.22. The van der Waals surface area contributed by atoms with Crippen LogP contribution in [-0.4, -0.2) is 42.3 Å². The monoisotopic (exact) mass is 488 g/mol. The highest BCUT2D eigenvalue weighted by atomic mass is 35.5. The summed E-state index contributed by atoms with van der Waals surface area (Å²) in [5.41, 5.74) is -0.184. The van der Waals surface area contributed by atoms with Crippen molar-refractivity contribution in [2.75, 3.05) is 16.4 Å². The Bertz CT molecular complexity index is 1150. The fourth-order valence-corrected chi connectivity index (χ4v) is 7.82. The summed E-state index contributed by atoms with van der Waals surface area (Å²) in [5, 5.41) is -0.683. The summed E-state index contributed by atoms with van der Waals surface area (Å²) in [6, 6.07) is 11.7. The van der Waals surface area contributed by atoms with Crippen LogP contribution in [0.4, 0.5) is 18.9 Å². The second-order valence-electron chi connectivity index (χ2n) is 7.28. The molecule has 0 aliphatic carbocycles. The van der Waals surface area contributed by atoms with E-state index in [1.165, 1.54) is 11.0 Å². The summed E-state index contributed by atoms with van der Waals surface area (Å²) in [5.74, 6) is -0.808. The average molecular weight is 489 g/mol. The second kappa shape index (κ2) is 8.14. The Kier molecular flexibility index (Phi) is 5.82. The van der Waals surface area contributed by atoms with Gasteiger partial charge in [-0.05, 0) is 23.8 Å². The highest BCUT2D eigenvalue weighted by Crippen LogP contribution is 2.43. The molecular formula is C20H16ClF3N2O3S2. The number of amidine groups is 1. The first-order chi connectivity index (χ1) is 14.5. The number of carbonyl (C=O) groups is 1. The van der Waals surface area contributed by atoms with Crippen molar-refractivity contribution >= 4 is 50.0 Å². The molecule has 0 bridgehead atoms. The quantitative estimate of drug-likeness (QED) is 0.647. The van der Waals surface area contributed by atoms with Crippen LogP contribution in [0.1, 0.15) is 11.1 Å². The Morgan fingerprint density at radius 2 is 1.87 bits per heavy atom. The third-order valence-electron chi connectivity index (χ3n) is 5.02. The highest BCUT2D eigenvalue weighted by molar-refractivity contribution is 8.16. The first kappa shape index (κ1) is 22.2. The second-order valence-corrected chi connectivity index (χ2v) is 11.1. The lowest BCUT2D eigenvalue weighted by Gasteiger charge is -2.25. The lowest BCUT2D eigenvalue weighted by molar-refractivity contribution is -0.137. The summed E-state index contributed by atoms with van der Waals surface area (Å²) >= 11 is 6.84. The molecule has 31 heavy (non-hydrogen) atoms. The van der Waals surface area contributed by atoms with Gasteiger partial charge in [0, 0.05) is 10.9 Å². The topological polar surface area (TPSA) is 66.8 Å². The van der Waals surface area contributed by atoms with Crippen molar-refractivity contribution in [1.82, 2.24) is 0 Å². The van der Waals surface area contributed by atoms with Gasteiger partial charge in [0.2, 0.25) is 0 Å². The number of sulfone groups is 1. The number of halogens is 4. The summed E-state index contributed by atoms with van der Waals surface area (Å²) in [7, 11) is -3.34. The van der Waals surface area contributed by atoms with Crippen LogP contribution in [0.25, 0.3) is 0 Å². The molecule has 2 aromatic carbocycles. The maximum absolute atomic E-state index is 13.4. The zero-order chi connectivity index (χ0) is 22.4. The van der Waals surface area contributed by atoms with E-state index in [-0.39, 0.29) is 28.8 Å². The number of anilines is 1. The molecule has 0 spiro atoms. The Balaban J connectivity index is 1.71. The van der Waals surface area contributed by atoms with Gasteiger partial charge in [0.05, 0.1) is 34.6 Å². The largest absolute Gasteiger partial charge is 0.417 e. The fraction of sp³-hybridized carbons (Fsp3) is 0.300. The van der Waals surface area contributed by atoms with Gasteiger partial charge >= 0.3 is 6.18 Å². The number of benzene rings is 2. The lowest BCUT2D eigenvalue weighted by Crippen LogP contribution is -2.38. The molecule has 0 unspecified atom stereocenters. The molecule has 0 saturated carbocycles. The van der Waals surface area contributed by atoms with E-state index in [4.69, 9.17) is 11.6 Å². The molecule has 2 aliphatic rings. The van der Waals surface area contributed by atoms with Crippen LogP contribution < -0.4 is 4.90 Å². The number of carbonyl (C=O) groups excluding carboxylic acids is 1. The van der Waals surface area contributed by atoms with E-state index in [9.17, 15) is 26.4 Å². The Hall–Kier alpha value is -2.04. The van der Waals surface area contributed by atoms with Gasteiger partial charge in [-0.25, -0.2) is 8.42 Å². The molecule has 0 radical (unpaired) electrons. The third-order valence-corrected chi connectivity index (χ3v) is 8.56. The van der Waals surface area contributed by atoms with Crippen molar-refractivity contribution < 1.29 is 26.4 Å². The van der Waals surface area contributed by atoms with Crippen LogP contribution in [0.5, 0.6) is 0 Å². The number of aliphatic imine (C=N–C) groups is 1. The van der Waals surface area contributed by atoms with Gasteiger partial charge in [-0.2, -0.15) is 18.2 Å². The number of nitrogens with zero attached hydrogens (tertiary/aromatic N) is 2. The Morgan fingerprint density at radius 3 is 2.55 bits per heavy atom. The predicted molar refractivity (Wildman–Crippen MR) is 115 cm³/mol. The van der Waals surface area contributed by atoms with E-state index in [0.29, 0.717) is 0 Å². The van der Waals surface area contributed by atoms with Crippen molar-refractivity contribution in [3.63, 3.8) is 0 Å². The Labute approximate surface area is 186 Å². The number of fused-ring (bicyclic) bond motifs is 1. The number of hydrogen-bond acceptors (Lipinski definition) is 4. The molecule has 0 aromatic heterocycles. The average Bonchev–Trinajstić information content (AvgIpc) is 3.13. The van der Waals surface area contributed by atoms with Crippen molar-refractivity contribution in [1.29, 1.82) is 0 Å². The normalized spacial score (nSPS) is 23.9. The number of thioether (sulfide) groups is 1. The van der Waals surface area contributed by atoms with Crippen molar-refractivity contribution in [2.24, 2.45) is 4.99 Å². The first-order valence-corrected chi connectivity index (χ1v) is 12.3. The van der Waals surface area contributed by atoms with Gasteiger partial charge in [-0.1, -0.05) is 53.7 Å². The summed E-state index contributed by atoms with van der Waals surface area (Å²) in [4.78, 5) is 18.1. The van der Waals surface area contributed by atoms with Gasteiger partial charge < -0.3 is 4.90 Å². The molecule has 1 amide bonds. The number of rotatable bonds is 3. The van der Waals surface area contributed by atoms with E-state index >= 15 is 0 Å². The molecular weight excluding hydrogens is 473 g/mol. The lowest BCUT2D eigenvalue weighted by atomic mass is 10.1. The van der Waals surface area contributed by atoms with Crippen LogP contribution in [-0.2, 0) is 27.2 Å². The van der Waals surface area contributed by atoms with Crippen molar-refractivity contribution in [3.05, 3.63) is 64.7 Å². The summed E-state index contributed by atoms with van der Waals surface area (Å²) < 4.78 is 64.4. The minimum atomic E-state index is -4.68. The molecule has 2 aliphatic heterocycles. The fourth-order valence-electron chi connectivity index (χ4n) is 3.66. The van der Waals surface area contributed by atoms with Crippen molar-refractivity contribution in [3.8, 4) is 0 Å². The molecule has 2 atom stereocenters. The van der Waals surface area contributed by atoms with Crippen LogP contribution >= 0.6 is 23.4 Å². The number of alkyl halides is 3. The highest BCUT2D eigenvalue weighted by Gasteiger charge is 2.49. The zero-order valence-electron chi connectivity index (χ0n) is 15.8. The summed E-state index contributed by atoms with van der Waals surface area (Å²) in [6.07, 6.45) is -4.65. The zero-order valence-corrected chi connectivity index (χ0v) is 18.2. The van der Waals surface area contributed by atoms with Crippen LogP contribution in [0.2, 0.25) is 5.02 Å². The van der Waals surface area contributed by atoms with E-state index in [0.717, 1.165) is 29.5 Å². The molecule has 5 nitrogen and oxygen atoms in total. The molecule has 2 heterocycles. The SMILES string of the molecule is O=C(Cc1ccccc1)N=C1S[C@@H]2CS(=O)(=O)C[C@H]2N1c1ccc(Cl)c(C(F)(F)F)c1. The molecule has 164 valence electrons. The van der Waals surface area contributed by atoms with E-state index in [2.05, 4.69) is 4.99 Å². The predicted octanol–water partition coefficient (Wildman–Crippen LogP) is 4.20. The van der Waals surface area contributed by atoms with E-state index in [1.807, 2.05) is 6.07 Å². The van der Waals surface area contributed by atoms with Gasteiger partial charge in [0.1, 0.15) is 0 Å². The molecule has 2 fully saturated rings. The summed E-state index contributed by atoms with van der Waals surface area (Å²) in [6.45, 7) is 0. The number of amides is 1. The van der Waals surface area contributed by atoms with E-state index in [1.54, 1.807) is 24.3 Å². The molecule has 0 N–H and O–H groups in total. The maximum atomic E-state index is 13.4. The standard InChI is InChI=1S/C20H16ClF3N2O3S2/c21-15-7-6-13(9-14(15)20(22,23)24)26-16-10-31(28,29)11-17(16)30-19(26)25-18(27)8-12-4-2-1-3-5-12/h1-7,9,16-17H,8,10-11H2/t16-,17-/m1/s1. The minimum Gasteiger partial charge on any atom is -0.316 e. The van der Waals surface area contributed by atoms with E-state index < -0.39 is 43.8 Å². The molecule has 11 heteroatoms. The third kappa shape index (κ3) is 4.75. The van der Waals surface area contributed by atoms with Gasteiger partial charge in [-0.3, -0.25) is 4.79 Å².